The quantitative estimate of drug-likeness (QED) is 0.812. The normalized spacial score (nSPS) is 16.4. The summed E-state index contributed by atoms with van der Waals surface area (Å²) in [5, 5.41) is 3.30. The molecule has 15 heavy (non-hydrogen) atoms. The van der Waals surface area contributed by atoms with Crippen LogP contribution in [0.3, 0.4) is 0 Å². The number of halogens is 1. The van der Waals surface area contributed by atoms with Gasteiger partial charge in [0.15, 0.2) is 0 Å². The van der Waals surface area contributed by atoms with Crippen LogP contribution in [0.1, 0.15) is 18.3 Å². The SMILES string of the molecule is CCc1nc(CNC2COC2)ccc1F. The zero-order valence-corrected chi connectivity index (χ0v) is 8.79. The summed E-state index contributed by atoms with van der Waals surface area (Å²) in [6.45, 7) is 4.12. The van der Waals surface area contributed by atoms with E-state index in [4.69, 9.17) is 4.74 Å². The van der Waals surface area contributed by atoms with Gasteiger partial charge in [-0.05, 0) is 18.6 Å². The Labute approximate surface area is 88.7 Å². The minimum absolute atomic E-state index is 0.215. The summed E-state index contributed by atoms with van der Waals surface area (Å²) >= 11 is 0. The van der Waals surface area contributed by atoms with Crippen molar-refractivity contribution in [3.05, 3.63) is 29.3 Å². The standard InChI is InChI=1S/C11H15FN2O/c1-2-11-10(12)4-3-8(14-11)5-13-9-6-15-7-9/h3-4,9,13H,2,5-7H2,1H3. The first-order chi connectivity index (χ1) is 7.29. The van der Waals surface area contributed by atoms with E-state index in [2.05, 4.69) is 10.3 Å². The number of hydrogen-bond acceptors (Lipinski definition) is 3. The van der Waals surface area contributed by atoms with Crippen molar-refractivity contribution in [1.82, 2.24) is 10.3 Å². The average Bonchev–Trinajstić information content (AvgIpc) is 2.18. The highest BCUT2D eigenvalue weighted by molar-refractivity contribution is 5.13. The number of rotatable bonds is 4. The van der Waals surface area contributed by atoms with Crippen LogP contribution in [0.4, 0.5) is 4.39 Å². The summed E-state index contributed by atoms with van der Waals surface area (Å²) in [6.07, 6.45) is 0.631. The second-order valence-corrected chi connectivity index (χ2v) is 3.70. The van der Waals surface area contributed by atoms with Crippen LogP contribution in [0, 0.1) is 5.82 Å². The molecule has 3 nitrogen and oxygen atoms in total. The van der Waals surface area contributed by atoms with E-state index in [1.54, 1.807) is 6.07 Å². The van der Waals surface area contributed by atoms with E-state index in [1.807, 2.05) is 6.92 Å². The van der Waals surface area contributed by atoms with Gasteiger partial charge >= 0.3 is 0 Å². The first kappa shape index (κ1) is 10.5. The van der Waals surface area contributed by atoms with Crippen LogP contribution >= 0.6 is 0 Å². The first-order valence-electron chi connectivity index (χ1n) is 5.25. The fourth-order valence-corrected chi connectivity index (χ4v) is 1.48. The van der Waals surface area contributed by atoms with E-state index in [9.17, 15) is 4.39 Å². The molecule has 1 aromatic heterocycles. The maximum Gasteiger partial charge on any atom is 0.144 e. The van der Waals surface area contributed by atoms with Crippen molar-refractivity contribution in [2.24, 2.45) is 0 Å². The van der Waals surface area contributed by atoms with Crippen LogP contribution < -0.4 is 5.32 Å². The summed E-state index contributed by atoms with van der Waals surface area (Å²) in [7, 11) is 0. The van der Waals surface area contributed by atoms with Crippen LogP contribution in [0.25, 0.3) is 0 Å². The third-order valence-electron chi connectivity index (χ3n) is 2.52. The number of aryl methyl sites for hydroxylation is 1. The van der Waals surface area contributed by atoms with Crippen molar-refractivity contribution in [2.75, 3.05) is 13.2 Å². The second kappa shape index (κ2) is 4.68. The number of nitrogens with zero attached hydrogens (tertiary/aromatic N) is 1. The Bertz CT molecular complexity index is 339. The van der Waals surface area contributed by atoms with E-state index in [1.165, 1.54) is 6.07 Å². The first-order valence-corrected chi connectivity index (χ1v) is 5.25. The molecular formula is C11H15FN2O. The van der Waals surface area contributed by atoms with Crippen molar-refractivity contribution in [3.8, 4) is 0 Å². The van der Waals surface area contributed by atoms with Gasteiger partial charge in [-0.3, -0.25) is 4.98 Å². The van der Waals surface area contributed by atoms with Gasteiger partial charge in [0.2, 0.25) is 0 Å². The number of ether oxygens (including phenoxy) is 1. The van der Waals surface area contributed by atoms with Gasteiger partial charge in [-0.2, -0.15) is 0 Å². The molecule has 0 aromatic carbocycles. The van der Waals surface area contributed by atoms with Crippen molar-refractivity contribution >= 4 is 0 Å². The lowest BCUT2D eigenvalue weighted by Gasteiger charge is -2.26. The Morgan fingerprint density at radius 2 is 2.33 bits per heavy atom. The largest absolute Gasteiger partial charge is 0.378 e. The van der Waals surface area contributed by atoms with Gasteiger partial charge < -0.3 is 10.1 Å². The molecule has 1 saturated heterocycles. The van der Waals surface area contributed by atoms with Crippen LogP contribution in [-0.2, 0) is 17.7 Å². The summed E-state index contributed by atoms with van der Waals surface area (Å²) in [6, 6.07) is 3.64. The number of pyridine rings is 1. The average molecular weight is 210 g/mol. The van der Waals surface area contributed by atoms with Crippen LogP contribution in [0.15, 0.2) is 12.1 Å². The third-order valence-corrected chi connectivity index (χ3v) is 2.52. The van der Waals surface area contributed by atoms with E-state index in [0.717, 1.165) is 18.9 Å². The van der Waals surface area contributed by atoms with Crippen molar-refractivity contribution in [2.45, 2.75) is 25.9 Å². The molecule has 0 bridgehead atoms. The highest BCUT2D eigenvalue weighted by Gasteiger charge is 2.17. The highest BCUT2D eigenvalue weighted by Crippen LogP contribution is 2.07. The van der Waals surface area contributed by atoms with Gasteiger partial charge in [0.05, 0.1) is 30.6 Å². The molecule has 2 heterocycles. The molecule has 1 fully saturated rings. The molecule has 82 valence electrons. The summed E-state index contributed by atoms with van der Waals surface area (Å²) in [5.41, 5.74) is 1.43. The zero-order chi connectivity index (χ0) is 10.7. The molecule has 1 aliphatic rings. The molecule has 4 heteroatoms. The predicted octanol–water partition coefficient (Wildman–Crippen LogP) is 1.27. The maximum absolute atomic E-state index is 13.1. The summed E-state index contributed by atoms with van der Waals surface area (Å²) in [4.78, 5) is 4.24. The van der Waals surface area contributed by atoms with Gasteiger partial charge in [-0.1, -0.05) is 6.92 Å². The Morgan fingerprint density at radius 1 is 1.53 bits per heavy atom. The van der Waals surface area contributed by atoms with Crippen molar-refractivity contribution in [3.63, 3.8) is 0 Å². The van der Waals surface area contributed by atoms with Gasteiger partial charge in [-0.25, -0.2) is 4.39 Å². The monoisotopic (exact) mass is 210 g/mol. The fraction of sp³-hybridized carbons (Fsp3) is 0.545. The Hall–Kier alpha value is -1.00. The van der Waals surface area contributed by atoms with Crippen LogP contribution in [0.5, 0.6) is 0 Å². The van der Waals surface area contributed by atoms with Gasteiger partial charge in [0.25, 0.3) is 0 Å². The summed E-state index contributed by atoms with van der Waals surface area (Å²) in [5.74, 6) is -0.215. The van der Waals surface area contributed by atoms with E-state index in [-0.39, 0.29) is 5.82 Å². The zero-order valence-electron chi connectivity index (χ0n) is 8.79. The Kier molecular flexibility index (Phi) is 3.28. The fourth-order valence-electron chi connectivity index (χ4n) is 1.48. The highest BCUT2D eigenvalue weighted by atomic mass is 19.1. The lowest BCUT2D eigenvalue weighted by Crippen LogP contribution is -2.45. The van der Waals surface area contributed by atoms with Crippen molar-refractivity contribution in [1.29, 1.82) is 0 Å². The number of aromatic nitrogens is 1. The Balaban J connectivity index is 1.95. The van der Waals surface area contributed by atoms with Gasteiger partial charge in [-0.15, -0.1) is 0 Å². The van der Waals surface area contributed by atoms with E-state index < -0.39 is 0 Å². The maximum atomic E-state index is 13.1. The number of nitrogens with one attached hydrogen (secondary N) is 1. The smallest absolute Gasteiger partial charge is 0.144 e. The molecular weight excluding hydrogens is 195 g/mol. The van der Waals surface area contributed by atoms with Gasteiger partial charge in [0.1, 0.15) is 5.82 Å². The molecule has 2 rings (SSSR count). The molecule has 0 unspecified atom stereocenters. The van der Waals surface area contributed by atoms with Crippen molar-refractivity contribution < 1.29 is 9.13 Å². The third kappa shape index (κ3) is 2.52. The van der Waals surface area contributed by atoms with E-state index >= 15 is 0 Å². The predicted molar refractivity (Wildman–Crippen MR) is 55.0 cm³/mol. The molecule has 1 aromatic rings. The topological polar surface area (TPSA) is 34.2 Å². The van der Waals surface area contributed by atoms with Crippen LogP contribution in [0.2, 0.25) is 0 Å². The molecule has 0 saturated carbocycles. The summed E-state index contributed by atoms with van der Waals surface area (Å²) < 4.78 is 18.2. The van der Waals surface area contributed by atoms with Crippen LogP contribution in [-0.4, -0.2) is 24.2 Å². The van der Waals surface area contributed by atoms with Gasteiger partial charge in [0, 0.05) is 6.54 Å². The molecule has 0 radical (unpaired) electrons. The lowest BCUT2D eigenvalue weighted by atomic mass is 10.2. The van der Waals surface area contributed by atoms with E-state index in [0.29, 0.717) is 24.7 Å². The molecule has 0 amide bonds. The second-order valence-electron chi connectivity index (χ2n) is 3.70. The Morgan fingerprint density at radius 3 is 2.93 bits per heavy atom. The molecule has 1 aliphatic heterocycles. The molecule has 0 spiro atoms. The molecule has 0 atom stereocenters. The molecule has 0 aliphatic carbocycles. The minimum atomic E-state index is -0.215. The minimum Gasteiger partial charge on any atom is -0.378 e. The lowest BCUT2D eigenvalue weighted by molar-refractivity contribution is -0.00591. The number of hydrogen-bond donors (Lipinski definition) is 1. The molecule has 1 N–H and O–H groups in total.